The fraction of sp³-hybridized carbons (Fsp3) is 0.273. The second kappa shape index (κ2) is 5.13. The predicted octanol–water partition coefficient (Wildman–Crippen LogP) is 6.04. The van der Waals surface area contributed by atoms with E-state index in [-0.39, 0.29) is 0 Å². The third-order valence-electron chi connectivity index (χ3n) is 5.66. The zero-order valence-corrected chi connectivity index (χ0v) is 13.3. The van der Waals surface area contributed by atoms with Gasteiger partial charge in [-0.2, -0.15) is 0 Å². The molecule has 0 spiro atoms. The molecule has 0 saturated heterocycles. The van der Waals surface area contributed by atoms with Crippen LogP contribution in [-0.4, -0.2) is 0 Å². The van der Waals surface area contributed by atoms with Crippen molar-refractivity contribution in [1.29, 1.82) is 0 Å². The molecule has 1 fully saturated rings. The molecule has 3 aliphatic rings. The summed E-state index contributed by atoms with van der Waals surface area (Å²) in [7, 11) is 0. The highest BCUT2D eigenvalue weighted by Gasteiger charge is 2.37. The first-order valence-electron chi connectivity index (χ1n) is 8.77. The molecule has 0 heterocycles. The zero-order chi connectivity index (χ0) is 15.2. The standard InChI is InChI=1S/C22H21N/c1-2-8-16(9-3-1)23-17-12-13-18-19-10-4-6-15-7-5-11-20(22(15)19)21(18)14-17/h1-3,5,8-9,11-15,19,23H,4,6-7,10H2. The Kier molecular flexibility index (Phi) is 2.94. The molecule has 0 aromatic heterocycles. The quantitative estimate of drug-likeness (QED) is 0.712. The van der Waals surface area contributed by atoms with E-state index in [0.717, 1.165) is 11.6 Å². The Morgan fingerprint density at radius 2 is 1.83 bits per heavy atom. The maximum absolute atomic E-state index is 3.54. The zero-order valence-electron chi connectivity index (χ0n) is 13.3. The first-order chi connectivity index (χ1) is 11.4. The van der Waals surface area contributed by atoms with Crippen molar-refractivity contribution in [2.45, 2.75) is 31.6 Å². The maximum atomic E-state index is 3.54. The van der Waals surface area contributed by atoms with Crippen LogP contribution in [0.2, 0.25) is 0 Å². The van der Waals surface area contributed by atoms with Crippen LogP contribution in [0.5, 0.6) is 0 Å². The van der Waals surface area contributed by atoms with Crippen molar-refractivity contribution in [3.05, 3.63) is 77.4 Å². The molecule has 2 atom stereocenters. The number of rotatable bonds is 2. The van der Waals surface area contributed by atoms with E-state index in [1.807, 2.05) is 0 Å². The molecule has 0 radical (unpaired) electrons. The largest absolute Gasteiger partial charge is 0.356 e. The molecule has 2 aromatic carbocycles. The third kappa shape index (κ3) is 2.07. The Morgan fingerprint density at radius 1 is 0.913 bits per heavy atom. The van der Waals surface area contributed by atoms with Gasteiger partial charge in [-0.1, -0.05) is 48.4 Å². The summed E-state index contributed by atoms with van der Waals surface area (Å²) in [5, 5.41) is 3.54. The van der Waals surface area contributed by atoms with Crippen LogP contribution in [0.15, 0.2) is 66.3 Å². The highest BCUT2D eigenvalue weighted by Crippen LogP contribution is 2.54. The van der Waals surface area contributed by atoms with Gasteiger partial charge >= 0.3 is 0 Å². The molecule has 114 valence electrons. The van der Waals surface area contributed by atoms with Gasteiger partial charge in [0.2, 0.25) is 0 Å². The monoisotopic (exact) mass is 299 g/mol. The fourth-order valence-corrected chi connectivity index (χ4v) is 4.69. The van der Waals surface area contributed by atoms with Crippen molar-refractivity contribution in [2.24, 2.45) is 5.92 Å². The molecular weight excluding hydrogens is 278 g/mol. The van der Waals surface area contributed by atoms with Crippen LogP contribution in [0.4, 0.5) is 11.4 Å². The van der Waals surface area contributed by atoms with E-state index in [0.29, 0.717) is 5.92 Å². The normalized spacial score (nSPS) is 24.3. The molecule has 1 saturated carbocycles. The summed E-state index contributed by atoms with van der Waals surface area (Å²) >= 11 is 0. The molecule has 1 nitrogen and oxygen atoms in total. The summed E-state index contributed by atoms with van der Waals surface area (Å²) in [6, 6.07) is 17.4. The van der Waals surface area contributed by atoms with Gasteiger partial charge in [0.25, 0.3) is 0 Å². The number of fused-ring (bicyclic) bond motifs is 3. The fourth-order valence-electron chi connectivity index (χ4n) is 4.69. The number of hydrogen-bond acceptors (Lipinski definition) is 1. The van der Waals surface area contributed by atoms with E-state index in [1.165, 1.54) is 42.5 Å². The first kappa shape index (κ1) is 13.2. The minimum Gasteiger partial charge on any atom is -0.356 e. The van der Waals surface area contributed by atoms with Crippen LogP contribution >= 0.6 is 0 Å². The number of allylic oxidation sites excluding steroid dienone is 4. The minimum atomic E-state index is 0.689. The van der Waals surface area contributed by atoms with Gasteiger partial charge in [0, 0.05) is 17.3 Å². The van der Waals surface area contributed by atoms with Crippen LogP contribution in [0.25, 0.3) is 5.57 Å². The smallest absolute Gasteiger partial charge is 0.0390 e. The van der Waals surface area contributed by atoms with Crippen LogP contribution in [0.3, 0.4) is 0 Å². The number of nitrogens with one attached hydrogen (secondary N) is 1. The first-order valence-corrected chi connectivity index (χ1v) is 8.77. The third-order valence-corrected chi connectivity index (χ3v) is 5.66. The summed E-state index contributed by atoms with van der Waals surface area (Å²) < 4.78 is 0. The summed E-state index contributed by atoms with van der Waals surface area (Å²) in [5.41, 5.74) is 8.64. The van der Waals surface area contributed by atoms with Gasteiger partial charge in [0.05, 0.1) is 0 Å². The van der Waals surface area contributed by atoms with Gasteiger partial charge in [-0.25, -0.2) is 0 Å². The average Bonchev–Trinajstić information content (AvgIpc) is 2.92. The number of hydrogen-bond donors (Lipinski definition) is 1. The SMILES string of the molecule is C1=CC2=C3C(C1)CCCC3c1ccc(Nc3ccccc3)cc12. The topological polar surface area (TPSA) is 12.0 Å². The number of anilines is 2. The Labute approximate surface area is 137 Å². The maximum Gasteiger partial charge on any atom is 0.0390 e. The summed E-state index contributed by atoms with van der Waals surface area (Å²) in [5.74, 6) is 1.49. The molecule has 0 bridgehead atoms. The molecule has 1 heteroatoms. The number of benzene rings is 2. The Hall–Kier alpha value is -2.28. The van der Waals surface area contributed by atoms with Gasteiger partial charge in [-0.3, -0.25) is 0 Å². The van der Waals surface area contributed by atoms with Gasteiger partial charge in [-0.05, 0) is 66.1 Å². The summed E-state index contributed by atoms with van der Waals surface area (Å²) in [6.45, 7) is 0. The highest BCUT2D eigenvalue weighted by molar-refractivity contribution is 5.87. The lowest BCUT2D eigenvalue weighted by Gasteiger charge is -2.31. The van der Waals surface area contributed by atoms with E-state index >= 15 is 0 Å². The Morgan fingerprint density at radius 3 is 2.74 bits per heavy atom. The second-order valence-corrected chi connectivity index (χ2v) is 6.98. The highest BCUT2D eigenvalue weighted by atomic mass is 14.9. The summed E-state index contributed by atoms with van der Waals surface area (Å²) in [4.78, 5) is 0. The molecule has 0 aliphatic heterocycles. The lowest BCUT2D eigenvalue weighted by Crippen LogP contribution is -2.16. The second-order valence-electron chi connectivity index (χ2n) is 6.98. The molecule has 5 rings (SSSR count). The van der Waals surface area contributed by atoms with Crippen molar-refractivity contribution in [1.82, 2.24) is 0 Å². The van der Waals surface area contributed by atoms with Gasteiger partial charge < -0.3 is 5.32 Å². The van der Waals surface area contributed by atoms with Crippen molar-refractivity contribution >= 4 is 16.9 Å². The predicted molar refractivity (Wildman–Crippen MR) is 96.9 cm³/mol. The minimum absolute atomic E-state index is 0.689. The summed E-state index contributed by atoms with van der Waals surface area (Å²) in [6.07, 6.45) is 10.1. The van der Waals surface area contributed by atoms with E-state index in [4.69, 9.17) is 0 Å². The number of para-hydroxylation sites is 1. The molecular formula is C22H21N. The molecule has 23 heavy (non-hydrogen) atoms. The molecule has 2 unspecified atom stereocenters. The van der Waals surface area contributed by atoms with Crippen molar-refractivity contribution in [3.63, 3.8) is 0 Å². The van der Waals surface area contributed by atoms with Crippen LogP contribution in [-0.2, 0) is 0 Å². The molecule has 0 amide bonds. The van der Waals surface area contributed by atoms with E-state index in [9.17, 15) is 0 Å². The lowest BCUT2D eigenvalue weighted by atomic mass is 9.73. The molecule has 3 aliphatic carbocycles. The van der Waals surface area contributed by atoms with Crippen molar-refractivity contribution in [3.8, 4) is 0 Å². The van der Waals surface area contributed by atoms with E-state index in [1.54, 1.807) is 11.1 Å². The van der Waals surface area contributed by atoms with E-state index < -0.39 is 0 Å². The van der Waals surface area contributed by atoms with Crippen LogP contribution < -0.4 is 5.32 Å². The van der Waals surface area contributed by atoms with Gasteiger partial charge in [0.15, 0.2) is 0 Å². The van der Waals surface area contributed by atoms with Crippen molar-refractivity contribution < 1.29 is 0 Å². The van der Waals surface area contributed by atoms with Gasteiger partial charge in [-0.15, -0.1) is 0 Å². The Balaban J connectivity index is 1.56. The van der Waals surface area contributed by atoms with Crippen LogP contribution in [0.1, 0.15) is 42.7 Å². The molecule has 2 aromatic rings. The van der Waals surface area contributed by atoms with Crippen LogP contribution in [0, 0.1) is 5.92 Å². The Bertz CT molecular complexity index is 813. The van der Waals surface area contributed by atoms with Crippen molar-refractivity contribution in [2.75, 3.05) is 5.32 Å². The molecule has 1 N–H and O–H groups in total. The van der Waals surface area contributed by atoms with Gasteiger partial charge in [0.1, 0.15) is 0 Å². The lowest BCUT2D eigenvalue weighted by molar-refractivity contribution is 0.427. The average molecular weight is 299 g/mol. The van der Waals surface area contributed by atoms with E-state index in [2.05, 4.69) is 66.0 Å².